The van der Waals surface area contributed by atoms with Crippen molar-refractivity contribution in [1.82, 2.24) is 25.3 Å². The number of carbonyl (C=O) groups is 1. The number of nitrogens with zero attached hydrogens (tertiary/aromatic N) is 4. The van der Waals surface area contributed by atoms with Gasteiger partial charge in [-0.1, -0.05) is 12.1 Å². The van der Waals surface area contributed by atoms with Crippen LogP contribution in [-0.2, 0) is 17.8 Å². The van der Waals surface area contributed by atoms with E-state index in [1.807, 2.05) is 45.0 Å². The largest absolute Gasteiger partial charge is 0.490 e. The lowest BCUT2D eigenvalue weighted by atomic mass is 10.0. The highest BCUT2D eigenvalue weighted by Crippen LogP contribution is 2.31. The third-order valence-corrected chi connectivity index (χ3v) is 6.35. The van der Waals surface area contributed by atoms with Crippen LogP contribution in [0.5, 0.6) is 5.75 Å². The molecular weight excluding hydrogens is 474 g/mol. The molecule has 1 amide bonds. The smallest absolute Gasteiger partial charge is 0.258 e. The Hall–Kier alpha value is -3.34. The quantitative estimate of drug-likeness (QED) is 0.356. The number of aryl methyl sites for hydroxylation is 3. The molecule has 1 aliphatic heterocycles. The number of pyridine rings is 1. The third kappa shape index (κ3) is 6.91. The number of carbonyl (C=O) groups excluding carboxylic acids is 1. The van der Waals surface area contributed by atoms with Gasteiger partial charge in [0.1, 0.15) is 25.1 Å². The van der Waals surface area contributed by atoms with Gasteiger partial charge in [-0.15, -0.1) is 0 Å². The summed E-state index contributed by atoms with van der Waals surface area (Å²) in [5.74, 6) is 1.07. The zero-order valence-electron chi connectivity index (χ0n) is 21.7. The van der Waals surface area contributed by atoms with Crippen molar-refractivity contribution in [3.63, 3.8) is 0 Å². The predicted octanol–water partition coefficient (Wildman–Crippen LogP) is 2.42. The molecule has 1 saturated heterocycles. The van der Waals surface area contributed by atoms with Gasteiger partial charge < -0.3 is 24.8 Å². The molecule has 0 bridgehead atoms. The lowest BCUT2D eigenvalue weighted by molar-refractivity contribution is -0.124. The Labute approximate surface area is 216 Å². The molecule has 10 nitrogen and oxygen atoms in total. The number of nitrogens with one attached hydrogen (secondary N) is 1. The summed E-state index contributed by atoms with van der Waals surface area (Å²) in [6.45, 7) is 8.33. The standard InChI is InChI=1S/C27H35N5O5/c1-4-19-11-20(9-17(2)25(19)36-16-23(34)13-28-24(35)15-33)26-30-27(37-31-26)21-10-18(3)29-22(12-21)14-32-7-5-6-8-32/h9-12,23,33-34H,4-8,13-16H2,1-3H3,(H,28,35)/t23-/m0/s1. The van der Waals surface area contributed by atoms with Crippen molar-refractivity contribution in [2.24, 2.45) is 0 Å². The summed E-state index contributed by atoms with van der Waals surface area (Å²) >= 11 is 0. The van der Waals surface area contributed by atoms with E-state index in [1.165, 1.54) is 12.8 Å². The highest BCUT2D eigenvalue weighted by atomic mass is 16.5. The lowest BCUT2D eigenvalue weighted by Crippen LogP contribution is -2.36. The van der Waals surface area contributed by atoms with E-state index >= 15 is 0 Å². The van der Waals surface area contributed by atoms with Gasteiger partial charge >= 0.3 is 0 Å². The van der Waals surface area contributed by atoms with E-state index in [0.29, 0.717) is 23.9 Å². The Morgan fingerprint density at radius 3 is 2.68 bits per heavy atom. The van der Waals surface area contributed by atoms with Gasteiger partial charge in [-0.2, -0.15) is 4.98 Å². The molecule has 2 aromatic heterocycles. The van der Waals surface area contributed by atoms with Crippen molar-refractivity contribution in [3.8, 4) is 28.6 Å². The maximum Gasteiger partial charge on any atom is 0.258 e. The number of aliphatic hydroxyl groups is 2. The molecular formula is C27H35N5O5. The molecule has 37 heavy (non-hydrogen) atoms. The Balaban J connectivity index is 1.49. The van der Waals surface area contributed by atoms with Gasteiger partial charge in [-0.25, -0.2) is 0 Å². The van der Waals surface area contributed by atoms with Crippen LogP contribution in [0.25, 0.3) is 22.8 Å². The van der Waals surface area contributed by atoms with E-state index in [4.69, 9.17) is 19.4 Å². The van der Waals surface area contributed by atoms with Crippen molar-refractivity contribution < 1.29 is 24.3 Å². The van der Waals surface area contributed by atoms with Gasteiger partial charge in [0.2, 0.25) is 11.7 Å². The Bertz CT molecular complexity index is 1220. The van der Waals surface area contributed by atoms with Crippen LogP contribution >= 0.6 is 0 Å². The molecule has 1 aromatic carbocycles. The SMILES string of the molecule is CCc1cc(-c2noc(-c3cc(C)nc(CN4CCCC4)c3)n2)cc(C)c1OC[C@@H](O)CNC(=O)CO. The fraction of sp³-hybridized carbons (Fsp3) is 0.481. The van der Waals surface area contributed by atoms with Crippen LogP contribution in [-0.4, -0.2) is 75.1 Å². The number of ether oxygens (including phenoxy) is 1. The van der Waals surface area contributed by atoms with Crippen LogP contribution in [0.1, 0.15) is 42.3 Å². The van der Waals surface area contributed by atoms with Crippen molar-refractivity contribution in [1.29, 1.82) is 0 Å². The van der Waals surface area contributed by atoms with Gasteiger partial charge in [-0.05, 0) is 81.6 Å². The molecule has 0 aliphatic carbocycles. The number of hydrogen-bond acceptors (Lipinski definition) is 9. The van der Waals surface area contributed by atoms with Crippen LogP contribution < -0.4 is 10.1 Å². The summed E-state index contributed by atoms with van der Waals surface area (Å²) in [5.41, 5.74) is 5.40. The van der Waals surface area contributed by atoms with Crippen LogP contribution in [0, 0.1) is 13.8 Å². The van der Waals surface area contributed by atoms with Crippen LogP contribution in [0.3, 0.4) is 0 Å². The fourth-order valence-electron chi connectivity index (χ4n) is 4.54. The highest BCUT2D eigenvalue weighted by Gasteiger charge is 2.18. The van der Waals surface area contributed by atoms with E-state index in [2.05, 4.69) is 20.4 Å². The summed E-state index contributed by atoms with van der Waals surface area (Å²) in [4.78, 5) is 22.9. The summed E-state index contributed by atoms with van der Waals surface area (Å²) in [6, 6.07) is 7.88. The van der Waals surface area contributed by atoms with E-state index in [0.717, 1.165) is 53.3 Å². The number of hydrogen-bond donors (Lipinski definition) is 3. The maximum absolute atomic E-state index is 11.2. The van der Waals surface area contributed by atoms with Crippen molar-refractivity contribution >= 4 is 5.91 Å². The number of likely N-dealkylation sites (tertiary alicyclic amines) is 1. The zero-order chi connectivity index (χ0) is 26.4. The molecule has 0 saturated carbocycles. The van der Waals surface area contributed by atoms with Gasteiger partial charge in [-0.3, -0.25) is 14.7 Å². The first-order valence-electron chi connectivity index (χ1n) is 12.7. The van der Waals surface area contributed by atoms with Gasteiger partial charge in [0.25, 0.3) is 5.89 Å². The van der Waals surface area contributed by atoms with Gasteiger partial charge in [0.15, 0.2) is 0 Å². The van der Waals surface area contributed by atoms with Crippen molar-refractivity contribution in [3.05, 3.63) is 46.8 Å². The number of rotatable bonds is 11. The number of amides is 1. The topological polar surface area (TPSA) is 134 Å². The summed E-state index contributed by atoms with van der Waals surface area (Å²) in [7, 11) is 0. The predicted molar refractivity (Wildman–Crippen MR) is 138 cm³/mol. The average Bonchev–Trinajstić information content (AvgIpc) is 3.58. The highest BCUT2D eigenvalue weighted by molar-refractivity contribution is 5.76. The number of aliphatic hydroxyl groups excluding tert-OH is 2. The number of benzene rings is 1. The monoisotopic (exact) mass is 509 g/mol. The summed E-state index contributed by atoms with van der Waals surface area (Å²) in [6.07, 6.45) is 2.27. The molecule has 3 aromatic rings. The molecule has 4 rings (SSSR count). The third-order valence-electron chi connectivity index (χ3n) is 6.35. The second-order valence-corrected chi connectivity index (χ2v) is 9.46. The molecule has 0 spiro atoms. The van der Waals surface area contributed by atoms with Crippen molar-refractivity contribution in [2.75, 3.05) is 32.8 Å². The molecule has 0 unspecified atom stereocenters. The lowest BCUT2D eigenvalue weighted by Gasteiger charge is -2.17. The van der Waals surface area contributed by atoms with Crippen LogP contribution in [0.2, 0.25) is 0 Å². The molecule has 0 radical (unpaired) electrons. The molecule has 10 heteroatoms. The fourth-order valence-corrected chi connectivity index (χ4v) is 4.54. The van der Waals surface area contributed by atoms with Crippen LogP contribution in [0.4, 0.5) is 0 Å². The normalized spacial score (nSPS) is 14.6. The van der Waals surface area contributed by atoms with Crippen LogP contribution in [0.15, 0.2) is 28.8 Å². The zero-order valence-corrected chi connectivity index (χ0v) is 21.7. The molecule has 3 N–H and O–H groups in total. The van der Waals surface area contributed by atoms with E-state index < -0.39 is 18.6 Å². The summed E-state index contributed by atoms with van der Waals surface area (Å²) < 4.78 is 11.5. The first kappa shape index (κ1) is 26.7. The minimum atomic E-state index is -0.904. The number of aromatic nitrogens is 3. The second kappa shape index (κ2) is 12.3. The Morgan fingerprint density at radius 2 is 1.95 bits per heavy atom. The molecule has 1 fully saturated rings. The van der Waals surface area contributed by atoms with E-state index in [1.54, 1.807) is 0 Å². The van der Waals surface area contributed by atoms with E-state index in [-0.39, 0.29) is 13.2 Å². The Morgan fingerprint density at radius 1 is 1.16 bits per heavy atom. The van der Waals surface area contributed by atoms with Gasteiger partial charge in [0.05, 0.1) is 5.69 Å². The first-order chi connectivity index (χ1) is 17.9. The minimum absolute atomic E-state index is 0.00214. The second-order valence-electron chi connectivity index (χ2n) is 9.46. The summed E-state index contributed by atoms with van der Waals surface area (Å²) in [5, 5.41) is 25.6. The van der Waals surface area contributed by atoms with E-state index in [9.17, 15) is 9.90 Å². The molecule has 1 atom stereocenters. The maximum atomic E-state index is 11.2. The Kier molecular flexibility index (Phi) is 8.86. The molecule has 198 valence electrons. The molecule has 3 heterocycles. The minimum Gasteiger partial charge on any atom is -0.490 e. The average molecular weight is 510 g/mol. The van der Waals surface area contributed by atoms with Crippen molar-refractivity contribution in [2.45, 2.75) is 52.7 Å². The first-order valence-corrected chi connectivity index (χ1v) is 12.7. The molecule has 1 aliphatic rings. The van der Waals surface area contributed by atoms with Gasteiger partial charge in [0, 0.05) is 29.9 Å².